The summed E-state index contributed by atoms with van der Waals surface area (Å²) in [6, 6.07) is 7.84. The van der Waals surface area contributed by atoms with Crippen LogP contribution in [0.1, 0.15) is 50.7 Å². The van der Waals surface area contributed by atoms with Gasteiger partial charge < -0.3 is 14.2 Å². The fourth-order valence-corrected chi connectivity index (χ4v) is 4.25. The highest BCUT2D eigenvalue weighted by Crippen LogP contribution is 2.43. The molecule has 0 atom stereocenters. The van der Waals surface area contributed by atoms with E-state index >= 15 is 0 Å². The maximum Gasteiger partial charge on any atom is 0.420 e. The first-order valence-electron chi connectivity index (χ1n) is 9.84. The summed E-state index contributed by atoms with van der Waals surface area (Å²) in [5.41, 5.74) is 2.15. The molecule has 1 amide bonds. The first kappa shape index (κ1) is 20.4. The van der Waals surface area contributed by atoms with Gasteiger partial charge in [-0.2, -0.15) is 0 Å². The fraction of sp³-hybridized carbons (Fsp3) is 0.455. The van der Waals surface area contributed by atoms with Crippen LogP contribution in [0, 0.1) is 3.57 Å². The van der Waals surface area contributed by atoms with Crippen molar-refractivity contribution < 1.29 is 19.0 Å². The standard InChI is InChI=1S/C22H25IN2O4/c1-22(2,3)29-21(26)25-18-12-15(23)4-5-19(18)28-13-17-16(6-9-24-20(17)25)14-7-10-27-11-8-14/h4-6,9,12,14H,7-8,10-11,13H2,1-3H3. The Morgan fingerprint density at radius 2 is 2.00 bits per heavy atom. The number of rotatable bonds is 1. The molecule has 0 spiro atoms. The van der Waals surface area contributed by atoms with Crippen molar-refractivity contribution in [2.24, 2.45) is 0 Å². The second-order valence-corrected chi connectivity index (χ2v) is 9.55. The molecule has 154 valence electrons. The Balaban J connectivity index is 1.85. The van der Waals surface area contributed by atoms with Gasteiger partial charge in [-0.05, 0) is 92.0 Å². The predicted molar refractivity (Wildman–Crippen MR) is 119 cm³/mol. The number of aromatic nitrogens is 1. The number of hydrogen-bond donors (Lipinski definition) is 0. The average Bonchev–Trinajstić information content (AvgIpc) is 2.83. The molecule has 29 heavy (non-hydrogen) atoms. The molecule has 2 aliphatic rings. The van der Waals surface area contributed by atoms with E-state index in [0.29, 0.717) is 29.8 Å². The summed E-state index contributed by atoms with van der Waals surface area (Å²) in [7, 11) is 0. The van der Waals surface area contributed by atoms with Crippen LogP contribution in [-0.4, -0.2) is 29.9 Å². The third-order valence-corrected chi connectivity index (χ3v) is 5.72. The SMILES string of the molecule is CC(C)(C)OC(=O)N1c2cc(I)ccc2OCc2c(C3CCOCC3)ccnc21. The van der Waals surface area contributed by atoms with E-state index in [9.17, 15) is 4.79 Å². The third-order valence-electron chi connectivity index (χ3n) is 5.05. The summed E-state index contributed by atoms with van der Waals surface area (Å²) in [5.74, 6) is 1.60. The molecule has 2 aromatic rings. The predicted octanol–water partition coefficient (Wildman–Crippen LogP) is 5.55. The molecule has 0 N–H and O–H groups in total. The molecule has 4 rings (SSSR count). The summed E-state index contributed by atoms with van der Waals surface area (Å²) in [5, 5.41) is 0. The van der Waals surface area contributed by atoms with E-state index in [2.05, 4.69) is 27.6 Å². The molecule has 1 aromatic heterocycles. The third kappa shape index (κ3) is 4.35. The largest absolute Gasteiger partial charge is 0.487 e. The fourth-order valence-electron chi connectivity index (χ4n) is 3.77. The van der Waals surface area contributed by atoms with Crippen LogP contribution in [0.3, 0.4) is 0 Å². The van der Waals surface area contributed by atoms with Crippen LogP contribution in [0.5, 0.6) is 5.75 Å². The number of hydrogen-bond acceptors (Lipinski definition) is 5. The molecule has 2 aliphatic heterocycles. The number of ether oxygens (including phenoxy) is 3. The van der Waals surface area contributed by atoms with Gasteiger partial charge in [0.25, 0.3) is 0 Å². The van der Waals surface area contributed by atoms with Crippen molar-refractivity contribution in [2.45, 2.75) is 51.7 Å². The number of anilines is 2. The number of carbonyl (C=O) groups excluding carboxylic acids is 1. The molecule has 0 radical (unpaired) electrons. The van der Waals surface area contributed by atoms with Crippen LogP contribution in [0.4, 0.5) is 16.3 Å². The van der Waals surface area contributed by atoms with Gasteiger partial charge in [-0.15, -0.1) is 0 Å². The zero-order valence-corrected chi connectivity index (χ0v) is 19.1. The Bertz CT molecular complexity index is 920. The number of benzene rings is 1. The smallest absolute Gasteiger partial charge is 0.420 e. The zero-order chi connectivity index (χ0) is 20.6. The van der Waals surface area contributed by atoms with Crippen molar-refractivity contribution in [3.63, 3.8) is 0 Å². The number of nitrogens with zero attached hydrogens (tertiary/aromatic N) is 2. The first-order valence-corrected chi connectivity index (χ1v) is 10.9. The topological polar surface area (TPSA) is 60.9 Å². The van der Waals surface area contributed by atoms with E-state index in [4.69, 9.17) is 14.2 Å². The van der Waals surface area contributed by atoms with Crippen LogP contribution in [0.25, 0.3) is 0 Å². The Kier molecular flexibility index (Phi) is 5.70. The molecule has 0 aliphatic carbocycles. The minimum absolute atomic E-state index is 0.364. The van der Waals surface area contributed by atoms with E-state index in [1.165, 1.54) is 5.56 Å². The van der Waals surface area contributed by atoms with Gasteiger partial charge in [0, 0.05) is 28.5 Å². The molecular formula is C22H25IN2O4. The zero-order valence-electron chi connectivity index (χ0n) is 16.9. The van der Waals surface area contributed by atoms with E-state index in [0.717, 1.165) is 35.2 Å². The number of amides is 1. The van der Waals surface area contributed by atoms with Crippen LogP contribution >= 0.6 is 22.6 Å². The number of fused-ring (bicyclic) bond motifs is 2. The maximum absolute atomic E-state index is 13.3. The highest BCUT2D eigenvalue weighted by atomic mass is 127. The molecule has 1 fully saturated rings. The lowest BCUT2D eigenvalue weighted by Crippen LogP contribution is -2.34. The van der Waals surface area contributed by atoms with E-state index in [1.807, 2.05) is 45.0 Å². The number of halogens is 1. The van der Waals surface area contributed by atoms with Crippen LogP contribution in [0.15, 0.2) is 30.5 Å². The summed E-state index contributed by atoms with van der Waals surface area (Å²) in [6.45, 7) is 7.45. The number of pyridine rings is 1. The van der Waals surface area contributed by atoms with Crippen molar-refractivity contribution in [1.29, 1.82) is 0 Å². The average molecular weight is 508 g/mol. The van der Waals surface area contributed by atoms with Gasteiger partial charge in [-0.1, -0.05) is 0 Å². The lowest BCUT2D eigenvalue weighted by molar-refractivity contribution is 0.0597. The maximum atomic E-state index is 13.3. The van der Waals surface area contributed by atoms with Gasteiger partial charge in [0.1, 0.15) is 23.8 Å². The lowest BCUT2D eigenvalue weighted by atomic mass is 9.89. The van der Waals surface area contributed by atoms with Gasteiger partial charge in [0.2, 0.25) is 0 Å². The van der Waals surface area contributed by atoms with E-state index in [-0.39, 0.29) is 0 Å². The van der Waals surface area contributed by atoms with Crippen molar-refractivity contribution in [1.82, 2.24) is 4.98 Å². The normalized spacial score (nSPS) is 17.0. The summed E-state index contributed by atoms with van der Waals surface area (Å²) in [6.07, 6.45) is 3.23. The molecular weight excluding hydrogens is 483 g/mol. The second kappa shape index (κ2) is 8.10. The van der Waals surface area contributed by atoms with Crippen molar-refractivity contribution in [2.75, 3.05) is 18.1 Å². The first-order chi connectivity index (χ1) is 13.8. The summed E-state index contributed by atoms with van der Waals surface area (Å²) in [4.78, 5) is 19.4. The molecule has 0 saturated carbocycles. The monoisotopic (exact) mass is 508 g/mol. The van der Waals surface area contributed by atoms with Gasteiger partial charge in [-0.3, -0.25) is 0 Å². The number of carbonyl (C=O) groups is 1. The van der Waals surface area contributed by atoms with E-state index < -0.39 is 11.7 Å². The van der Waals surface area contributed by atoms with Gasteiger partial charge >= 0.3 is 6.09 Å². The van der Waals surface area contributed by atoms with Crippen molar-refractivity contribution in [3.05, 3.63) is 45.2 Å². The summed E-state index contributed by atoms with van der Waals surface area (Å²) < 4.78 is 18.4. The van der Waals surface area contributed by atoms with Crippen LogP contribution < -0.4 is 9.64 Å². The minimum Gasteiger partial charge on any atom is -0.487 e. The molecule has 0 bridgehead atoms. The Labute approximate surface area is 184 Å². The molecule has 1 saturated heterocycles. The quantitative estimate of drug-likeness (QED) is 0.473. The second-order valence-electron chi connectivity index (χ2n) is 8.31. The van der Waals surface area contributed by atoms with E-state index in [1.54, 1.807) is 11.1 Å². The van der Waals surface area contributed by atoms with Crippen molar-refractivity contribution >= 4 is 40.2 Å². The molecule has 3 heterocycles. The lowest BCUT2D eigenvalue weighted by Gasteiger charge is -2.29. The van der Waals surface area contributed by atoms with Crippen LogP contribution in [0.2, 0.25) is 0 Å². The molecule has 7 heteroatoms. The Morgan fingerprint density at radius 1 is 1.24 bits per heavy atom. The highest BCUT2D eigenvalue weighted by molar-refractivity contribution is 14.1. The molecule has 0 unspecified atom stereocenters. The van der Waals surface area contributed by atoms with Crippen LogP contribution in [-0.2, 0) is 16.1 Å². The van der Waals surface area contributed by atoms with Gasteiger partial charge in [0.05, 0.1) is 5.69 Å². The molecule has 6 nitrogen and oxygen atoms in total. The minimum atomic E-state index is -0.620. The highest BCUT2D eigenvalue weighted by Gasteiger charge is 2.34. The van der Waals surface area contributed by atoms with Gasteiger partial charge in [-0.25, -0.2) is 14.7 Å². The summed E-state index contributed by atoms with van der Waals surface area (Å²) >= 11 is 2.23. The Morgan fingerprint density at radius 3 is 2.72 bits per heavy atom. The Hall–Kier alpha value is -1.87. The van der Waals surface area contributed by atoms with Gasteiger partial charge in [0.15, 0.2) is 0 Å². The molecule has 1 aromatic carbocycles. The van der Waals surface area contributed by atoms with Crippen molar-refractivity contribution in [3.8, 4) is 5.75 Å².